The Morgan fingerprint density at radius 3 is 2.89 bits per heavy atom. The van der Waals surface area contributed by atoms with E-state index in [0.29, 0.717) is 5.92 Å². The van der Waals surface area contributed by atoms with Crippen LogP contribution < -0.4 is 10.6 Å². The van der Waals surface area contributed by atoms with Crippen molar-refractivity contribution in [3.8, 4) is 0 Å². The van der Waals surface area contributed by atoms with Crippen molar-refractivity contribution in [1.82, 2.24) is 10.6 Å². The minimum Gasteiger partial charge on any atom is -0.348 e. The van der Waals surface area contributed by atoms with Crippen LogP contribution in [-0.2, 0) is 0 Å². The summed E-state index contributed by atoms with van der Waals surface area (Å²) in [5, 5.41) is 6.37. The summed E-state index contributed by atoms with van der Waals surface area (Å²) in [4.78, 5) is 12.0. The molecule has 6 heteroatoms. The maximum absolute atomic E-state index is 13.6. The van der Waals surface area contributed by atoms with E-state index in [1.54, 1.807) is 0 Å². The lowest BCUT2D eigenvalue weighted by Crippen LogP contribution is -2.50. The Hall–Kier alpha value is -0.840. The molecule has 1 aromatic carbocycles. The van der Waals surface area contributed by atoms with E-state index in [4.69, 9.17) is 11.6 Å². The van der Waals surface area contributed by atoms with Crippen LogP contribution in [0, 0.1) is 11.7 Å². The van der Waals surface area contributed by atoms with Crippen LogP contribution in [0.5, 0.6) is 0 Å². The molecule has 2 unspecified atom stereocenters. The van der Waals surface area contributed by atoms with E-state index in [1.165, 1.54) is 12.1 Å². The molecule has 0 radical (unpaired) electrons. The van der Waals surface area contributed by atoms with Gasteiger partial charge in [0.15, 0.2) is 0 Å². The number of hydrogen-bond acceptors (Lipinski definition) is 2. The molecule has 0 aliphatic carbocycles. The molecule has 1 aliphatic heterocycles. The van der Waals surface area contributed by atoms with Crippen molar-refractivity contribution >= 4 is 29.9 Å². The monoisotopic (exact) mass is 306 g/mol. The van der Waals surface area contributed by atoms with Gasteiger partial charge in [-0.05, 0) is 37.1 Å². The largest absolute Gasteiger partial charge is 0.348 e. The molecule has 2 rings (SSSR count). The molecule has 0 saturated carbocycles. The summed E-state index contributed by atoms with van der Waals surface area (Å²) in [6, 6.07) is 4.12. The molecule has 2 atom stereocenters. The topological polar surface area (TPSA) is 41.1 Å². The second-order valence-electron chi connectivity index (χ2n) is 4.67. The summed E-state index contributed by atoms with van der Waals surface area (Å²) in [5.41, 5.74) is 0.0390. The van der Waals surface area contributed by atoms with Crippen LogP contribution in [0.2, 0.25) is 5.02 Å². The first kappa shape index (κ1) is 16.2. The van der Waals surface area contributed by atoms with E-state index in [2.05, 4.69) is 17.6 Å². The van der Waals surface area contributed by atoms with Gasteiger partial charge >= 0.3 is 0 Å². The fraction of sp³-hybridized carbons (Fsp3) is 0.462. The van der Waals surface area contributed by atoms with Gasteiger partial charge in [-0.25, -0.2) is 4.39 Å². The van der Waals surface area contributed by atoms with Crippen molar-refractivity contribution in [3.63, 3.8) is 0 Å². The van der Waals surface area contributed by atoms with Crippen molar-refractivity contribution in [1.29, 1.82) is 0 Å². The van der Waals surface area contributed by atoms with Gasteiger partial charge in [0.25, 0.3) is 5.91 Å². The van der Waals surface area contributed by atoms with Crippen LogP contribution in [0.25, 0.3) is 0 Å². The number of benzene rings is 1. The maximum atomic E-state index is 13.6. The molecule has 0 aromatic heterocycles. The molecule has 3 nitrogen and oxygen atoms in total. The zero-order chi connectivity index (χ0) is 13.1. The Kier molecular flexibility index (Phi) is 6.04. The Bertz CT molecular complexity index is 456. The van der Waals surface area contributed by atoms with Gasteiger partial charge in [0.2, 0.25) is 0 Å². The van der Waals surface area contributed by atoms with Crippen molar-refractivity contribution in [2.45, 2.75) is 19.4 Å². The second-order valence-corrected chi connectivity index (χ2v) is 5.11. The lowest BCUT2D eigenvalue weighted by Gasteiger charge is -2.30. The first-order valence-corrected chi connectivity index (χ1v) is 6.42. The van der Waals surface area contributed by atoms with Gasteiger partial charge < -0.3 is 10.6 Å². The van der Waals surface area contributed by atoms with Crippen molar-refractivity contribution in [2.24, 2.45) is 5.92 Å². The fourth-order valence-corrected chi connectivity index (χ4v) is 2.26. The second kappa shape index (κ2) is 7.08. The zero-order valence-corrected chi connectivity index (χ0v) is 12.2. The number of piperidine rings is 1. The molecule has 1 fully saturated rings. The third-order valence-corrected chi connectivity index (χ3v) is 3.55. The van der Waals surface area contributed by atoms with Crippen LogP contribution >= 0.6 is 24.0 Å². The average Bonchev–Trinajstić information content (AvgIpc) is 2.32. The Balaban J connectivity index is 0.00000180. The molecule has 106 valence electrons. The predicted molar refractivity (Wildman–Crippen MR) is 76.6 cm³/mol. The van der Waals surface area contributed by atoms with Crippen LogP contribution in [0.1, 0.15) is 23.7 Å². The standard InChI is InChI=1S/C13H16ClFN2O.ClH/c1-8-4-5-16-7-12(8)17-13(18)10-3-2-9(14)6-11(10)15;/h2-3,6,8,12,16H,4-5,7H2,1H3,(H,17,18);1H. The summed E-state index contributed by atoms with van der Waals surface area (Å²) >= 11 is 5.65. The molecular weight excluding hydrogens is 290 g/mol. The van der Waals surface area contributed by atoms with Gasteiger partial charge in [0.1, 0.15) is 5.82 Å². The molecule has 2 N–H and O–H groups in total. The number of halogens is 3. The highest BCUT2D eigenvalue weighted by molar-refractivity contribution is 6.30. The van der Waals surface area contributed by atoms with Gasteiger partial charge in [0.05, 0.1) is 5.56 Å². The Labute approximate surface area is 123 Å². The normalized spacial score (nSPS) is 22.5. The van der Waals surface area contributed by atoms with E-state index in [9.17, 15) is 9.18 Å². The zero-order valence-electron chi connectivity index (χ0n) is 10.6. The molecular formula is C13H17Cl2FN2O. The summed E-state index contributed by atoms with van der Waals surface area (Å²) in [6.07, 6.45) is 1.01. The first-order valence-electron chi connectivity index (χ1n) is 6.04. The number of carbonyl (C=O) groups excluding carboxylic acids is 1. The smallest absolute Gasteiger partial charge is 0.254 e. The van der Waals surface area contributed by atoms with E-state index in [-0.39, 0.29) is 34.9 Å². The van der Waals surface area contributed by atoms with Crippen LogP contribution in [0.15, 0.2) is 18.2 Å². The molecule has 0 spiro atoms. The highest BCUT2D eigenvalue weighted by Crippen LogP contribution is 2.16. The van der Waals surface area contributed by atoms with Gasteiger partial charge in [0, 0.05) is 17.6 Å². The lowest BCUT2D eigenvalue weighted by atomic mass is 9.94. The SMILES string of the molecule is CC1CCNCC1NC(=O)c1ccc(Cl)cc1F.Cl. The molecule has 1 heterocycles. The minimum absolute atomic E-state index is 0. The molecule has 1 saturated heterocycles. The predicted octanol–water partition coefficient (Wildman–Crippen LogP) is 2.63. The Morgan fingerprint density at radius 2 is 2.26 bits per heavy atom. The minimum atomic E-state index is -0.587. The lowest BCUT2D eigenvalue weighted by molar-refractivity contribution is 0.0911. The van der Waals surface area contributed by atoms with Crippen molar-refractivity contribution < 1.29 is 9.18 Å². The molecule has 1 aliphatic rings. The van der Waals surface area contributed by atoms with Crippen LogP contribution in [0.3, 0.4) is 0 Å². The first-order chi connectivity index (χ1) is 8.58. The maximum Gasteiger partial charge on any atom is 0.254 e. The van der Waals surface area contributed by atoms with E-state index in [0.717, 1.165) is 25.6 Å². The van der Waals surface area contributed by atoms with Gasteiger partial charge in [-0.1, -0.05) is 18.5 Å². The quantitative estimate of drug-likeness (QED) is 0.882. The number of carbonyl (C=O) groups is 1. The van der Waals surface area contributed by atoms with Crippen LogP contribution in [0.4, 0.5) is 4.39 Å². The van der Waals surface area contributed by atoms with Gasteiger partial charge in [-0.3, -0.25) is 4.79 Å². The number of hydrogen-bond donors (Lipinski definition) is 2. The molecule has 19 heavy (non-hydrogen) atoms. The highest BCUT2D eigenvalue weighted by atomic mass is 35.5. The van der Waals surface area contributed by atoms with E-state index >= 15 is 0 Å². The van der Waals surface area contributed by atoms with Crippen molar-refractivity contribution in [2.75, 3.05) is 13.1 Å². The van der Waals surface area contributed by atoms with Gasteiger partial charge in [-0.2, -0.15) is 0 Å². The summed E-state index contributed by atoms with van der Waals surface area (Å²) in [6.45, 7) is 3.77. The molecule has 1 amide bonds. The summed E-state index contributed by atoms with van der Waals surface area (Å²) in [7, 11) is 0. The summed E-state index contributed by atoms with van der Waals surface area (Å²) < 4.78 is 13.6. The van der Waals surface area contributed by atoms with Gasteiger partial charge in [-0.15, -0.1) is 12.4 Å². The molecule has 0 bridgehead atoms. The third kappa shape index (κ3) is 4.06. The Morgan fingerprint density at radius 1 is 1.53 bits per heavy atom. The molecule has 1 aromatic rings. The third-order valence-electron chi connectivity index (χ3n) is 3.32. The van der Waals surface area contributed by atoms with Crippen LogP contribution in [-0.4, -0.2) is 25.0 Å². The van der Waals surface area contributed by atoms with E-state index in [1.807, 2.05) is 0 Å². The number of nitrogens with one attached hydrogen (secondary N) is 2. The van der Waals surface area contributed by atoms with E-state index < -0.39 is 5.82 Å². The van der Waals surface area contributed by atoms with Crippen molar-refractivity contribution in [3.05, 3.63) is 34.6 Å². The fourth-order valence-electron chi connectivity index (χ4n) is 2.10. The average molecular weight is 307 g/mol. The summed E-state index contributed by atoms with van der Waals surface area (Å²) in [5.74, 6) is -0.577. The number of amides is 1. The number of rotatable bonds is 2. The highest BCUT2D eigenvalue weighted by Gasteiger charge is 2.24.